The van der Waals surface area contributed by atoms with Gasteiger partial charge in [-0.15, -0.1) is 0 Å². The lowest BCUT2D eigenvalue weighted by Gasteiger charge is -2.34. The zero-order valence-corrected chi connectivity index (χ0v) is 17.1. The van der Waals surface area contributed by atoms with Crippen LogP contribution in [0.1, 0.15) is 26.7 Å². The van der Waals surface area contributed by atoms with E-state index in [9.17, 15) is 14.0 Å². The number of nitrogens with zero attached hydrogens (tertiary/aromatic N) is 5. The van der Waals surface area contributed by atoms with Crippen molar-refractivity contribution in [2.45, 2.75) is 13.1 Å². The average Bonchev–Trinajstić information content (AvgIpc) is 3.20. The van der Waals surface area contributed by atoms with Crippen LogP contribution >= 0.6 is 0 Å². The Kier molecular flexibility index (Phi) is 6.10. The van der Waals surface area contributed by atoms with Crippen molar-refractivity contribution < 1.29 is 18.7 Å². The minimum Gasteiger partial charge on any atom is -0.383 e. The van der Waals surface area contributed by atoms with Gasteiger partial charge in [0.2, 0.25) is 0 Å². The molecule has 4 rings (SSSR count). The van der Waals surface area contributed by atoms with E-state index in [2.05, 4.69) is 9.88 Å². The third-order valence-electron chi connectivity index (χ3n) is 5.66. The van der Waals surface area contributed by atoms with Gasteiger partial charge in [-0.3, -0.25) is 14.5 Å². The van der Waals surface area contributed by atoms with E-state index in [1.165, 1.54) is 6.07 Å². The number of carbonyl (C=O) groups is 2. The van der Waals surface area contributed by atoms with Crippen LogP contribution in [-0.4, -0.2) is 89.1 Å². The lowest BCUT2D eigenvalue weighted by atomic mass is 10.2. The summed E-state index contributed by atoms with van der Waals surface area (Å²) in [5.74, 6) is -0.242. The fourth-order valence-electron chi connectivity index (χ4n) is 3.88. The lowest BCUT2D eigenvalue weighted by Crippen LogP contribution is -2.48. The Bertz CT molecular complexity index is 923. The van der Waals surface area contributed by atoms with Gasteiger partial charge in [0, 0.05) is 71.2 Å². The van der Waals surface area contributed by atoms with Gasteiger partial charge in [-0.1, -0.05) is 18.2 Å². The Morgan fingerprint density at radius 1 is 1.13 bits per heavy atom. The van der Waals surface area contributed by atoms with Gasteiger partial charge in [-0.05, 0) is 6.07 Å². The fourth-order valence-corrected chi connectivity index (χ4v) is 3.88. The second-order valence-electron chi connectivity index (χ2n) is 7.59. The molecule has 0 unspecified atom stereocenters. The molecule has 0 N–H and O–H groups in total. The van der Waals surface area contributed by atoms with E-state index in [-0.39, 0.29) is 17.6 Å². The molecule has 8 nitrogen and oxygen atoms in total. The normalized spacial score (nSPS) is 17.3. The second kappa shape index (κ2) is 8.93. The topological polar surface area (TPSA) is 70.9 Å². The Morgan fingerprint density at radius 3 is 2.63 bits per heavy atom. The van der Waals surface area contributed by atoms with Gasteiger partial charge in [0.1, 0.15) is 11.5 Å². The van der Waals surface area contributed by atoms with E-state index >= 15 is 0 Å². The maximum Gasteiger partial charge on any atom is 0.290 e. The molecule has 0 atom stereocenters. The quantitative estimate of drug-likeness (QED) is 0.706. The summed E-state index contributed by atoms with van der Waals surface area (Å²) in [6, 6.07) is 6.76. The number of aromatic nitrogens is 2. The molecule has 0 bridgehead atoms. The van der Waals surface area contributed by atoms with Crippen molar-refractivity contribution >= 4 is 11.8 Å². The number of piperazine rings is 1. The van der Waals surface area contributed by atoms with Gasteiger partial charge in [-0.25, -0.2) is 9.37 Å². The van der Waals surface area contributed by atoms with Crippen molar-refractivity contribution in [3.63, 3.8) is 0 Å². The summed E-state index contributed by atoms with van der Waals surface area (Å²) in [6.07, 6.45) is 1.68. The Labute approximate surface area is 174 Å². The van der Waals surface area contributed by atoms with Gasteiger partial charge in [0.25, 0.3) is 11.8 Å². The monoisotopic (exact) mass is 415 g/mol. The van der Waals surface area contributed by atoms with Crippen LogP contribution in [0, 0.1) is 5.82 Å². The highest BCUT2D eigenvalue weighted by Crippen LogP contribution is 2.16. The Hall–Kier alpha value is -2.78. The van der Waals surface area contributed by atoms with Crippen molar-refractivity contribution in [2.24, 2.45) is 0 Å². The van der Waals surface area contributed by atoms with Crippen molar-refractivity contribution in [1.29, 1.82) is 0 Å². The van der Waals surface area contributed by atoms with Crippen LogP contribution in [-0.2, 0) is 17.8 Å². The molecule has 3 heterocycles. The van der Waals surface area contributed by atoms with E-state index in [1.807, 2.05) is 6.07 Å². The summed E-state index contributed by atoms with van der Waals surface area (Å²) < 4.78 is 20.7. The molecule has 1 fully saturated rings. The maximum absolute atomic E-state index is 13.9. The highest BCUT2D eigenvalue weighted by molar-refractivity contribution is 5.96. The molecular formula is C21H26FN5O3. The number of methoxy groups -OCH3 is 1. The van der Waals surface area contributed by atoms with Crippen molar-refractivity contribution in [3.05, 3.63) is 53.4 Å². The van der Waals surface area contributed by atoms with Crippen LogP contribution in [0.3, 0.4) is 0 Å². The number of rotatable bonds is 6. The molecule has 9 heteroatoms. The minimum atomic E-state index is -0.205. The van der Waals surface area contributed by atoms with Crippen LogP contribution in [0.5, 0.6) is 0 Å². The van der Waals surface area contributed by atoms with Gasteiger partial charge in [-0.2, -0.15) is 0 Å². The maximum atomic E-state index is 13.9. The molecular weight excluding hydrogens is 389 g/mol. The smallest absolute Gasteiger partial charge is 0.290 e. The third-order valence-corrected chi connectivity index (χ3v) is 5.66. The van der Waals surface area contributed by atoms with Gasteiger partial charge >= 0.3 is 0 Å². The largest absolute Gasteiger partial charge is 0.383 e. The number of imidazole rings is 1. The minimum absolute atomic E-state index is 0.168. The van der Waals surface area contributed by atoms with E-state index in [4.69, 9.17) is 4.74 Å². The summed E-state index contributed by atoms with van der Waals surface area (Å²) in [5.41, 5.74) is 0.963. The summed E-state index contributed by atoms with van der Waals surface area (Å²) in [5, 5.41) is 0. The van der Waals surface area contributed by atoms with Crippen LogP contribution in [0.4, 0.5) is 4.39 Å². The second-order valence-corrected chi connectivity index (χ2v) is 7.59. The Morgan fingerprint density at radius 2 is 1.90 bits per heavy atom. The van der Waals surface area contributed by atoms with Crippen LogP contribution in [0.25, 0.3) is 0 Å². The highest BCUT2D eigenvalue weighted by Gasteiger charge is 2.30. The molecule has 30 heavy (non-hydrogen) atoms. The molecule has 0 spiro atoms. The van der Waals surface area contributed by atoms with Crippen LogP contribution < -0.4 is 0 Å². The number of halogens is 1. The number of amides is 2. The molecule has 1 aromatic heterocycles. The first-order valence-electron chi connectivity index (χ1n) is 10.2. The van der Waals surface area contributed by atoms with Crippen molar-refractivity contribution in [1.82, 2.24) is 24.3 Å². The molecule has 2 aliphatic heterocycles. The zero-order chi connectivity index (χ0) is 21.1. The van der Waals surface area contributed by atoms with Crippen molar-refractivity contribution in [3.8, 4) is 0 Å². The van der Waals surface area contributed by atoms with Crippen LogP contribution in [0.15, 0.2) is 30.5 Å². The Balaban J connectivity index is 1.36. The molecule has 2 aromatic rings. The zero-order valence-electron chi connectivity index (χ0n) is 17.1. The molecule has 2 amide bonds. The number of fused-ring (bicyclic) bond motifs is 1. The first kappa shape index (κ1) is 20.5. The van der Waals surface area contributed by atoms with E-state index < -0.39 is 0 Å². The summed E-state index contributed by atoms with van der Waals surface area (Å²) >= 11 is 0. The average molecular weight is 415 g/mol. The van der Waals surface area contributed by atoms with Gasteiger partial charge in [0.05, 0.1) is 6.61 Å². The highest BCUT2D eigenvalue weighted by atomic mass is 19.1. The molecule has 0 aliphatic carbocycles. The van der Waals surface area contributed by atoms with E-state index in [0.29, 0.717) is 76.0 Å². The number of hydrogen-bond acceptors (Lipinski definition) is 5. The predicted molar refractivity (Wildman–Crippen MR) is 108 cm³/mol. The summed E-state index contributed by atoms with van der Waals surface area (Å²) in [6.45, 7) is 5.11. The van der Waals surface area contributed by atoms with E-state index in [0.717, 1.165) is 0 Å². The van der Waals surface area contributed by atoms with Gasteiger partial charge < -0.3 is 19.1 Å². The lowest BCUT2D eigenvalue weighted by molar-refractivity contribution is 0.0621. The SMILES string of the molecule is COCCN1CCn2cc(C(=O)N3CCN(Cc4ccccc4F)CC3)nc2C1=O. The third kappa shape index (κ3) is 4.22. The summed E-state index contributed by atoms with van der Waals surface area (Å²) in [4.78, 5) is 35.4. The van der Waals surface area contributed by atoms with Crippen LogP contribution in [0.2, 0.25) is 0 Å². The molecule has 0 radical (unpaired) electrons. The molecule has 1 aromatic carbocycles. The molecule has 160 valence electrons. The molecule has 0 saturated carbocycles. The standard InChI is InChI=1S/C21H26FN5O3/c1-30-13-12-26-10-11-27-15-18(23-19(27)21(26)29)20(28)25-8-6-24(7-9-25)14-16-4-2-3-5-17(16)22/h2-5,15H,6-14H2,1H3. The molecule has 1 saturated heterocycles. The number of hydrogen-bond donors (Lipinski definition) is 0. The van der Waals surface area contributed by atoms with E-state index in [1.54, 1.807) is 39.8 Å². The first-order valence-corrected chi connectivity index (χ1v) is 10.2. The fraction of sp³-hybridized carbons (Fsp3) is 0.476. The summed E-state index contributed by atoms with van der Waals surface area (Å²) in [7, 11) is 1.60. The first-order chi connectivity index (χ1) is 14.6. The molecule has 2 aliphatic rings. The number of benzene rings is 1. The number of ether oxygens (including phenoxy) is 1. The number of carbonyl (C=O) groups excluding carboxylic acids is 2. The van der Waals surface area contributed by atoms with Crippen molar-refractivity contribution in [2.75, 3.05) is 53.0 Å². The van der Waals surface area contributed by atoms with Gasteiger partial charge in [0.15, 0.2) is 5.82 Å². The predicted octanol–water partition coefficient (Wildman–Crippen LogP) is 1.08.